The Morgan fingerprint density at radius 2 is 1.73 bits per heavy atom. The van der Waals surface area contributed by atoms with Gasteiger partial charge in [-0.25, -0.2) is 4.98 Å². The van der Waals surface area contributed by atoms with E-state index in [9.17, 15) is 4.79 Å². The van der Waals surface area contributed by atoms with Crippen molar-refractivity contribution < 1.29 is 4.79 Å². The molecule has 156 valence electrons. The second-order valence-corrected chi connectivity index (χ2v) is 8.39. The number of thiazole rings is 1. The zero-order valence-electron chi connectivity index (χ0n) is 17.6. The van der Waals surface area contributed by atoms with E-state index in [0.717, 1.165) is 61.2 Å². The second kappa shape index (κ2) is 9.41. The van der Waals surface area contributed by atoms with Gasteiger partial charge in [0.15, 0.2) is 5.13 Å². The molecule has 1 aromatic heterocycles. The molecule has 0 N–H and O–H groups in total. The van der Waals surface area contributed by atoms with Crippen LogP contribution in [0, 0.1) is 0 Å². The van der Waals surface area contributed by atoms with Crippen molar-refractivity contribution in [3.8, 4) is 0 Å². The summed E-state index contributed by atoms with van der Waals surface area (Å²) in [4.78, 5) is 23.9. The molecule has 0 radical (unpaired) electrons. The second-order valence-electron chi connectivity index (χ2n) is 7.56. The van der Waals surface area contributed by atoms with Crippen LogP contribution in [0.2, 0.25) is 0 Å². The highest BCUT2D eigenvalue weighted by Crippen LogP contribution is 2.32. The molecular formula is C24H28N4OS. The third-order valence-electron chi connectivity index (χ3n) is 5.54. The number of aromatic nitrogens is 1. The molecule has 1 aliphatic heterocycles. The smallest absolute Gasteiger partial charge is 0.230 e. The molecule has 1 saturated heterocycles. The number of benzene rings is 2. The van der Waals surface area contributed by atoms with Crippen LogP contribution in [0.1, 0.15) is 25.1 Å². The van der Waals surface area contributed by atoms with Crippen molar-refractivity contribution in [3.63, 3.8) is 0 Å². The molecular weight excluding hydrogens is 392 g/mol. The van der Waals surface area contributed by atoms with Crippen molar-refractivity contribution >= 4 is 33.8 Å². The van der Waals surface area contributed by atoms with Crippen LogP contribution in [0.4, 0.5) is 16.5 Å². The maximum absolute atomic E-state index is 12.5. The molecule has 0 unspecified atom stereocenters. The van der Waals surface area contributed by atoms with Crippen LogP contribution >= 0.6 is 11.3 Å². The molecule has 1 aliphatic rings. The van der Waals surface area contributed by atoms with Crippen LogP contribution in [0.15, 0.2) is 60.0 Å². The predicted molar refractivity (Wildman–Crippen MR) is 125 cm³/mol. The van der Waals surface area contributed by atoms with Gasteiger partial charge in [0, 0.05) is 50.7 Å². The highest BCUT2D eigenvalue weighted by atomic mass is 32.1. The molecule has 2 heterocycles. The number of piperazine rings is 1. The summed E-state index contributed by atoms with van der Waals surface area (Å²) < 4.78 is 0. The lowest BCUT2D eigenvalue weighted by atomic mass is 10.1. The van der Waals surface area contributed by atoms with Gasteiger partial charge in [0.1, 0.15) is 0 Å². The van der Waals surface area contributed by atoms with Gasteiger partial charge in [0.05, 0.1) is 11.4 Å². The Bertz CT molecular complexity index is 980. The van der Waals surface area contributed by atoms with E-state index in [4.69, 9.17) is 4.98 Å². The van der Waals surface area contributed by atoms with E-state index < -0.39 is 0 Å². The minimum atomic E-state index is -0.00623. The van der Waals surface area contributed by atoms with Crippen LogP contribution in [-0.4, -0.2) is 42.0 Å². The molecule has 0 aliphatic carbocycles. The molecule has 0 atom stereocenters. The number of amides is 1. The third kappa shape index (κ3) is 4.55. The number of hydrogen-bond donors (Lipinski definition) is 0. The van der Waals surface area contributed by atoms with Gasteiger partial charge in [0.25, 0.3) is 0 Å². The number of hydrogen-bond acceptors (Lipinski definition) is 5. The molecule has 3 aromatic rings. The van der Waals surface area contributed by atoms with Crippen molar-refractivity contribution in [1.29, 1.82) is 0 Å². The van der Waals surface area contributed by atoms with Gasteiger partial charge in [-0.2, -0.15) is 0 Å². The van der Waals surface area contributed by atoms with Gasteiger partial charge in [0.2, 0.25) is 5.91 Å². The fourth-order valence-electron chi connectivity index (χ4n) is 3.94. The first kappa shape index (κ1) is 20.6. The standard InChI is InChI=1S/C24H28N4OS/c1-3-20-9-7-8-12-23(20)28(19(2)29)24-25-21(18-30-24)17-26-13-15-27(16-14-26)22-10-5-4-6-11-22/h4-12,18H,3,13-17H2,1-2H3. The number of carbonyl (C=O) groups is 1. The fraction of sp³-hybridized carbons (Fsp3) is 0.333. The van der Waals surface area contributed by atoms with Crippen LogP contribution in [-0.2, 0) is 17.8 Å². The Morgan fingerprint density at radius 1 is 1.03 bits per heavy atom. The summed E-state index contributed by atoms with van der Waals surface area (Å²) in [5.74, 6) is -0.00623. The first-order valence-electron chi connectivity index (χ1n) is 10.5. The minimum Gasteiger partial charge on any atom is -0.369 e. The van der Waals surface area contributed by atoms with Gasteiger partial charge in [-0.1, -0.05) is 43.3 Å². The fourth-order valence-corrected chi connectivity index (χ4v) is 4.81. The maximum atomic E-state index is 12.5. The van der Waals surface area contributed by atoms with Crippen molar-refractivity contribution in [1.82, 2.24) is 9.88 Å². The lowest BCUT2D eigenvalue weighted by Gasteiger charge is -2.35. The number of carbonyl (C=O) groups excluding carboxylic acids is 1. The van der Waals surface area contributed by atoms with E-state index in [0.29, 0.717) is 0 Å². The summed E-state index contributed by atoms with van der Waals surface area (Å²) in [6.45, 7) is 8.60. The number of anilines is 3. The molecule has 30 heavy (non-hydrogen) atoms. The zero-order valence-corrected chi connectivity index (χ0v) is 18.4. The molecule has 6 heteroatoms. The summed E-state index contributed by atoms with van der Waals surface area (Å²) in [5.41, 5.74) is 4.41. The molecule has 1 amide bonds. The van der Waals surface area contributed by atoms with Crippen molar-refractivity contribution in [2.75, 3.05) is 36.0 Å². The van der Waals surface area contributed by atoms with Gasteiger partial charge in [-0.15, -0.1) is 11.3 Å². The third-order valence-corrected chi connectivity index (χ3v) is 6.41. The average molecular weight is 421 g/mol. The summed E-state index contributed by atoms with van der Waals surface area (Å²) in [7, 11) is 0. The normalized spacial score (nSPS) is 14.7. The van der Waals surface area contributed by atoms with Crippen LogP contribution in [0.25, 0.3) is 0 Å². The number of nitrogens with zero attached hydrogens (tertiary/aromatic N) is 4. The summed E-state index contributed by atoms with van der Waals surface area (Å²) in [6, 6.07) is 18.7. The summed E-state index contributed by atoms with van der Waals surface area (Å²) >= 11 is 1.54. The van der Waals surface area contributed by atoms with Crippen molar-refractivity contribution in [2.45, 2.75) is 26.8 Å². The highest BCUT2D eigenvalue weighted by molar-refractivity contribution is 7.14. The molecule has 2 aromatic carbocycles. The predicted octanol–water partition coefficient (Wildman–Crippen LogP) is 4.71. The van der Waals surface area contributed by atoms with Crippen LogP contribution in [0.5, 0.6) is 0 Å². The Labute approximate surface area is 182 Å². The Balaban J connectivity index is 1.43. The van der Waals surface area contributed by atoms with E-state index in [2.05, 4.69) is 58.5 Å². The van der Waals surface area contributed by atoms with E-state index in [-0.39, 0.29) is 5.91 Å². The number of rotatable bonds is 6. The SMILES string of the molecule is CCc1ccccc1N(C(C)=O)c1nc(CN2CCN(c3ccccc3)CC2)cs1. The zero-order chi connectivity index (χ0) is 20.9. The first-order chi connectivity index (χ1) is 14.7. The van der Waals surface area contributed by atoms with E-state index >= 15 is 0 Å². The van der Waals surface area contributed by atoms with Gasteiger partial charge >= 0.3 is 0 Å². The number of aryl methyl sites for hydroxylation is 1. The largest absolute Gasteiger partial charge is 0.369 e. The van der Waals surface area contributed by atoms with Crippen LogP contribution in [0.3, 0.4) is 0 Å². The lowest BCUT2D eigenvalue weighted by molar-refractivity contribution is -0.115. The Kier molecular flexibility index (Phi) is 6.45. The van der Waals surface area contributed by atoms with E-state index in [1.54, 1.807) is 23.2 Å². The summed E-state index contributed by atoms with van der Waals surface area (Å²) in [5, 5.41) is 2.84. The highest BCUT2D eigenvalue weighted by Gasteiger charge is 2.22. The first-order valence-corrected chi connectivity index (χ1v) is 11.4. The van der Waals surface area contributed by atoms with Gasteiger partial charge in [-0.05, 0) is 30.2 Å². The topological polar surface area (TPSA) is 39.7 Å². The van der Waals surface area contributed by atoms with Gasteiger partial charge in [-0.3, -0.25) is 14.6 Å². The molecule has 5 nitrogen and oxygen atoms in total. The molecule has 0 bridgehead atoms. The van der Waals surface area contributed by atoms with Crippen LogP contribution < -0.4 is 9.80 Å². The van der Waals surface area contributed by atoms with E-state index in [1.807, 2.05) is 18.2 Å². The Morgan fingerprint density at radius 3 is 2.43 bits per heavy atom. The minimum absolute atomic E-state index is 0.00623. The van der Waals surface area contributed by atoms with E-state index in [1.165, 1.54) is 5.69 Å². The quantitative estimate of drug-likeness (QED) is 0.579. The lowest BCUT2D eigenvalue weighted by Crippen LogP contribution is -2.46. The van der Waals surface area contributed by atoms with Gasteiger partial charge < -0.3 is 4.90 Å². The summed E-state index contributed by atoms with van der Waals surface area (Å²) in [6.07, 6.45) is 0.879. The average Bonchev–Trinajstić information content (AvgIpc) is 3.23. The molecule has 1 fully saturated rings. The number of para-hydroxylation sites is 2. The molecule has 4 rings (SSSR count). The Hall–Kier alpha value is -2.70. The van der Waals surface area contributed by atoms with Crippen molar-refractivity contribution in [3.05, 3.63) is 71.2 Å². The molecule has 0 saturated carbocycles. The maximum Gasteiger partial charge on any atom is 0.230 e. The van der Waals surface area contributed by atoms with Crippen molar-refractivity contribution in [2.24, 2.45) is 0 Å². The molecule has 0 spiro atoms. The monoisotopic (exact) mass is 420 g/mol.